The molecule has 0 atom stereocenters. The van der Waals surface area contributed by atoms with Crippen LogP contribution >= 0.6 is 0 Å². The Morgan fingerprint density at radius 3 is 1.29 bits per heavy atom. The molecule has 4 nitrogen and oxygen atoms in total. The number of nitrogens with zero attached hydrogens (tertiary/aromatic N) is 4. The van der Waals surface area contributed by atoms with Crippen molar-refractivity contribution in [3.8, 4) is 89.8 Å². The average Bonchev–Trinajstić information content (AvgIpc) is 3.37. The lowest BCUT2D eigenvalue weighted by Crippen LogP contribution is -1.96. The molecule has 11 rings (SSSR count). The molecule has 4 heteroatoms. The molecule has 0 aliphatic carbocycles. The molecule has 0 spiro atoms. The van der Waals surface area contributed by atoms with Gasteiger partial charge in [0.25, 0.3) is 0 Å². The molecule has 0 bridgehead atoms. The first-order chi connectivity index (χ1) is 30.7. The van der Waals surface area contributed by atoms with Gasteiger partial charge in [0.05, 0.1) is 33.8 Å². The van der Waals surface area contributed by atoms with Gasteiger partial charge in [0.2, 0.25) is 0 Å². The Morgan fingerprint density at radius 1 is 0.226 bits per heavy atom. The first-order valence-corrected chi connectivity index (χ1v) is 20.9. The summed E-state index contributed by atoms with van der Waals surface area (Å²) in [6, 6.07) is 80.4. The van der Waals surface area contributed by atoms with Crippen LogP contribution in [0.1, 0.15) is 0 Å². The second-order valence-corrected chi connectivity index (χ2v) is 15.4. The van der Waals surface area contributed by atoms with Crippen LogP contribution in [0.4, 0.5) is 0 Å². The maximum absolute atomic E-state index is 5.39. The summed E-state index contributed by atoms with van der Waals surface area (Å²) in [5.41, 5.74) is 17.3. The molecule has 3 heterocycles. The van der Waals surface area contributed by atoms with E-state index in [0.29, 0.717) is 5.82 Å². The molecular weight excluding hydrogens is 753 g/mol. The number of hydrogen-bond acceptors (Lipinski definition) is 4. The number of benzene rings is 8. The summed E-state index contributed by atoms with van der Waals surface area (Å²) in [5.74, 6) is 0.694. The highest BCUT2D eigenvalue weighted by Crippen LogP contribution is 2.37. The fourth-order valence-corrected chi connectivity index (χ4v) is 8.26. The number of aromatic nitrogens is 4. The summed E-state index contributed by atoms with van der Waals surface area (Å²) >= 11 is 0. The number of hydrogen-bond donors (Lipinski definition) is 0. The zero-order chi connectivity index (χ0) is 41.2. The molecule has 290 valence electrons. The lowest BCUT2D eigenvalue weighted by atomic mass is 9.95. The molecule has 3 aromatic heterocycles. The van der Waals surface area contributed by atoms with Crippen LogP contribution in [0.5, 0.6) is 0 Å². The van der Waals surface area contributed by atoms with E-state index in [1.807, 2.05) is 30.3 Å². The van der Waals surface area contributed by atoms with E-state index in [1.54, 1.807) is 0 Å². The van der Waals surface area contributed by atoms with E-state index in [0.717, 1.165) is 94.7 Å². The molecule has 0 amide bonds. The van der Waals surface area contributed by atoms with Gasteiger partial charge in [-0.2, -0.15) is 0 Å². The van der Waals surface area contributed by atoms with Crippen molar-refractivity contribution >= 4 is 21.8 Å². The van der Waals surface area contributed by atoms with Gasteiger partial charge in [0.15, 0.2) is 5.82 Å². The molecule has 0 radical (unpaired) electrons. The Hall–Kier alpha value is -8.34. The summed E-state index contributed by atoms with van der Waals surface area (Å²) in [7, 11) is 0. The number of pyridine rings is 2. The summed E-state index contributed by atoms with van der Waals surface area (Å²) in [6.45, 7) is 0. The van der Waals surface area contributed by atoms with Gasteiger partial charge < -0.3 is 0 Å². The summed E-state index contributed by atoms with van der Waals surface area (Å²) in [6.07, 6.45) is 0. The van der Waals surface area contributed by atoms with Crippen molar-refractivity contribution in [2.24, 2.45) is 0 Å². The quantitative estimate of drug-likeness (QED) is 0.144. The maximum Gasteiger partial charge on any atom is 0.160 e. The third-order valence-electron chi connectivity index (χ3n) is 11.5. The normalized spacial score (nSPS) is 11.2. The standard InChI is InChI=1S/C58H38N4/c1-5-14-39(15-6-1)40-24-28-44(29-25-40)54-38-55(62-58(61-54)47-20-11-4-12-21-47)45-30-26-41(27-31-45)48-22-13-23-49(36-48)53-37-51(42-16-7-2-8-17-42)50-34-32-46-33-35-52(43-18-9-3-10-19-43)59-56(46)57(50)60-53/h1-38H. The van der Waals surface area contributed by atoms with Gasteiger partial charge in [-0.1, -0.05) is 206 Å². The molecule has 0 aliphatic rings. The van der Waals surface area contributed by atoms with Crippen LogP contribution in [0.15, 0.2) is 231 Å². The molecular formula is C58H38N4. The van der Waals surface area contributed by atoms with E-state index >= 15 is 0 Å². The Morgan fingerprint density at radius 2 is 0.661 bits per heavy atom. The van der Waals surface area contributed by atoms with Crippen LogP contribution in [-0.2, 0) is 0 Å². The monoisotopic (exact) mass is 790 g/mol. The maximum atomic E-state index is 5.39. The zero-order valence-electron chi connectivity index (χ0n) is 33.7. The van der Waals surface area contributed by atoms with Crippen molar-refractivity contribution in [1.82, 2.24) is 19.9 Å². The van der Waals surface area contributed by atoms with Crippen molar-refractivity contribution in [3.63, 3.8) is 0 Å². The lowest BCUT2D eigenvalue weighted by molar-refractivity contribution is 1.18. The highest BCUT2D eigenvalue weighted by Gasteiger charge is 2.16. The third kappa shape index (κ3) is 7.20. The molecule has 62 heavy (non-hydrogen) atoms. The van der Waals surface area contributed by atoms with E-state index in [1.165, 1.54) is 11.1 Å². The second kappa shape index (κ2) is 16.0. The molecule has 0 fully saturated rings. The minimum atomic E-state index is 0.694. The van der Waals surface area contributed by atoms with Crippen LogP contribution in [0, 0.1) is 0 Å². The van der Waals surface area contributed by atoms with E-state index in [9.17, 15) is 0 Å². The largest absolute Gasteiger partial charge is 0.245 e. The van der Waals surface area contributed by atoms with Crippen molar-refractivity contribution < 1.29 is 0 Å². The summed E-state index contributed by atoms with van der Waals surface area (Å²) < 4.78 is 0. The molecule has 8 aromatic carbocycles. The highest BCUT2D eigenvalue weighted by atomic mass is 14.9. The fourth-order valence-electron chi connectivity index (χ4n) is 8.26. The SMILES string of the molecule is c1ccc(-c2ccc(-c3cc(-c4ccc(-c5cccc(-c6cc(-c7ccccc7)c7ccc8ccc(-c9ccccc9)nc8c7n6)c5)cc4)nc(-c4ccccc4)n3)cc2)cc1. The Bertz CT molecular complexity index is 3350. The molecule has 0 aliphatic heterocycles. The van der Waals surface area contributed by atoms with E-state index < -0.39 is 0 Å². The van der Waals surface area contributed by atoms with Crippen LogP contribution in [0.3, 0.4) is 0 Å². The fraction of sp³-hybridized carbons (Fsp3) is 0. The van der Waals surface area contributed by atoms with Gasteiger partial charge in [-0.05, 0) is 57.6 Å². The van der Waals surface area contributed by atoms with Crippen LogP contribution in [-0.4, -0.2) is 19.9 Å². The van der Waals surface area contributed by atoms with Crippen LogP contribution < -0.4 is 0 Å². The first-order valence-electron chi connectivity index (χ1n) is 20.9. The molecule has 0 unspecified atom stereocenters. The lowest BCUT2D eigenvalue weighted by Gasteiger charge is -2.14. The van der Waals surface area contributed by atoms with Gasteiger partial charge in [-0.25, -0.2) is 19.9 Å². The van der Waals surface area contributed by atoms with Crippen molar-refractivity contribution in [2.75, 3.05) is 0 Å². The van der Waals surface area contributed by atoms with Gasteiger partial charge in [-0.15, -0.1) is 0 Å². The molecule has 11 aromatic rings. The first kappa shape index (κ1) is 36.7. The highest BCUT2D eigenvalue weighted by molar-refractivity contribution is 6.09. The zero-order valence-corrected chi connectivity index (χ0v) is 33.7. The van der Waals surface area contributed by atoms with Crippen molar-refractivity contribution in [3.05, 3.63) is 231 Å². The smallest absolute Gasteiger partial charge is 0.160 e. The predicted octanol–water partition coefficient (Wildman–Crippen LogP) is 14.9. The summed E-state index contributed by atoms with van der Waals surface area (Å²) in [5, 5.41) is 2.13. The second-order valence-electron chi connectivity index (χ2n) is 15.4. The van der Waals surface area contributed by atoms with Crippen LogP contribution in [0.25, 0.3) is 112 Å². The summed E-state index contributed by atoms with van der Waals surface area (Å²) in [4.78, 5) is 20.8. The van der Waals surface area contributed by atoms with Gasteiger partial charge in [0.1, 0.15) is 0 Å². The van der Waals surface area contributed by atoms with E-state index in [4.69, 9.17) is 19.9 Å². The number of rotatable bonds is 8. The van der Waals surface area contributed by atoms with Gasteiger partial charge in [-0.3, -0.25) is 0 Å². The van der Waals surface area contributed by atoms with E-state index in [-0.39, 0.29) is 0 Å². The Kier molecular flexibility index (Phi) is 9.49. The Balaban J connectivity index is 0.971. The minimum absolute atomic E-state index is 0.694. The molecule has 0 saturated carbocycles. The number of fused-ring (bicyclic) bond motifs is 3. The van der Waals surface area contributed by atoms with Crippen LogP contribution in [0.2, 0.25) is 0 Å². The average molecular weight is 791 g/mol. The Labute approximate surface area is 360 Å². The molecule has 0 N–H and O–H groups in total. The third-order valence-corrected chi connectivity index (χ3v) is 11.5. The van der Waals surface area contributed by atoms with E-state index in [2.05, 4.69) is 200 Å². The van der Waals surface area contributed by atoms with Crippen molar-refractivity contribution in [2.45, 2.75) is 0 Å². The van der Waals surface area contributed by atoms with Crippen molar-refractivity contribution in [1.29, 1.82) is 0 Å². The van der Waals surface area contributed by atoms with Gasteiger partial charge in [0, 0.05) is 38.6 Å². The topological polar surface area (TPSA) is 51.6 Å². The van der Waals surface area contributed by atoms with Gasteiger partial charge >= 0.3 is 0 Å². The predicted molar refractivity (Wildman–Crippen MR) is 256 cm³/mol. The molecule has 0 saturated heterocycles. The minimum Gasteiger partial charge on any atom is -0.245 e.